The van der Waals surface area contributed by atoms with Gasteiger partial charge < -0.3 is 19.3 Å². The molecule has 4 aromatic rings. The van der Waals surface area contributed by atoms with Crippen LogP contribution >= 0.6 is 0 Å². The van der Waals surface area contributed by atoms with Gasteiger partial charge in [-0.3, -0.25) is 14.3 Å². The van der Waals surface area contributed by atoms with Gasteiger partial charge in [-0.15, -0.1) is 0 Å². The highest BCUT2D eigenvalue weighted by molar-refractivity contribution is 6.09. The van der Waals surface area contributed by atoms with Gasteiger partial charge in [0.05, 0.1) is 5.52 Å². The van der Waals surface area contributed by atoms with Crippen LogP contribution < -0.4 is 4.74 Å². The molecule has 2 aromatic carbocycles. The third-order valence-electron chi connectivity index (χ3n) is 6.49. The highest BCUT2D eigenvalue weighted by atomic mass is 19.1. The average molecular weight is 531 g/mol. The number of ether oxygens (including phenoxy) is 2. The second kappa shape index (κ2) is 10.4. The zero-order chi connectivity index (χ0) is 27.7. The molecule has 0 unspecified atom stereocenters. The Labute approximate surface area is 226 Å². The summed E-state index contributed by atoms with van der Waals surface area (Å²) in [6.07, 6.45) is 1.21. The lowest BCUT2D eigenvalue weighted by molar-refractivity contribution is 0.0140. The number of halogens is 1. The lowest BCUT2D eigenvalue weighted by Gasteiger charge is -2.35. The smallest absolute Gasteiger partial charge is 0.410 e. The lowest BCUT2D eigenvalue weighted by Crippen LogP contribution is -2.51. The number of carbonyl (C=O) groups is 2. The molecule has 2 amide bonds. The van der Waals surface area contributed by atoms with E-state index < -0.39 is 17.5 Å². The summed E-state index contributed by atoms with van der Waals surface area (Å²) in [5.74, 6) is -0.609. The topological polar surface area (TPSA) is 76.9 Å². The van der Waals surface area contributed by atoms with Crippen LogP contribution in [0.25, 0.3) is 16.7 Å². The summed E-state index contributed by atoms with van der Waals surface area (Å²) < 4.78 is 28.5. The summed E-state index contributed by atoms with van der Waals surface area (Å²) in [6, 6.07) is 17.8. The van der Waals surface area contributed by atoms with Crippen molar-refractivity contribution in [3.63, 3.8) is 0 Å². The van der Waals surface area contributed by atoms with Crippen molar-refractivity contribution in [2.75, 3.05) is 26.2 Å². The molecule has 0 aliphatic carbocycles. The van der Waals surface area contributed by atoms with Gasteiger partial charge in [0.1, 0.15) is 16.7 Å². The van der Waals surface area contributed by atoms with Gasteiger partial charge in [0.25, 0.3) is 5.91 Å². The van der Waals surface area contributed by atoms with Crippen molar-refractivity contribution < 1.29 is 23.5 Å². The minimum atomic E-state index is -0.605. The molecule has 39 heavy (non-hydrogen) atoms. The van der Waals surface area contributed by atoms with Gasteiger partial charge in [-0.25, -0.2) is 9.18 Å². The highest BCUT2D eigenvalue weighted by Crippen LogP contribution is 2.39. The van der Waals surface area contributed by atoms with E-state index in [9.17, 15) is 14.0 Å². The number of rotatable bonds is 4. The molecule has 1 fully saturated rings. The fraction of sp³-hybridized carbons (Fsp3) is 0.300. The van der Waals surface area contributed by atoms with E-state index in [4.69, 9.17) is 9.47 Å². The number of amides is 2. The number of carbonyl (C=O) groups excluding carboxylic acids is 2. The quantitative estimate of drug-likeness (QED) is 0.326. The molecular formula is C30H31FN4O4. The highest BCUT2D eigenvalue weighted by Gasteiger charge is 2.33. The second-order valence-electron chi connectivity index (χ2n) is 10.5. The molecule has 1 aliphatic rings. The maximum absolute atomic E-state index is 15.0. The Morgan fingerprint density at radius 3 is 2.26 bits per heavy atom. The van der Waals surface area contributed by atoms with Crippen LogP contribution in [0.4, 0.5) is 9.18 Å². The molecule has 3 heterocycles. The molecular weight excluding hydrogens is 499 g/mol. The molecule has 0 radical (unpaired) electrons. The van der Waals surface area contributed by atoms with Gasteiger partial charge in [-0.05, 0) is 63.6 Å². The number of para-hydroxylation sites is 2. The van der Waals surface area contributed by atoms with Crippen molar-refractivity contribution in [3.05, 3.63) is 83.8 Å². The molecule has 202 valence electrons. The second-order valence-corrected chi connectivity index (χ2v) is 10.5. The summed E-state index contributed by atoms with van der Waals surface area (Å²) in [4.78, 5) is 34.5. The minimum absolute atomic E-state index is 0.0429. The fourth-order valence-electron chi connectivity index (χ4n) is 4.63. The zero-order valence-electron chi connectivity index (χ0n) is 22.5. The van der Waals surface area contributed by atoms with Gasteiger partial charge in [-0.1, -0.05) is 30.3 Å². The van der Waals surface area contributed by atoms with Crippen LogP contribution in [0.5, 0.6) is 11.6 Å². The van der Waals surface area contributed by atoms with Crippen molar-refractivity contribution in [3.8, 4) is 17.3 Å². The minimum Gasteiger partial charge on any atom is -0.444 e. The Kier molecular flexibility index (Phi) is 6.99. The Hall–Kier alpha value is -4.40. The van der Waals surface area contributed by atoms with Gasteiger partial charge in [0.2, 0.25) is 5.88 Å². The van der Waals surface area contributed by atoms with Gasteiger partial charge in [0.15, 0.2) is 11.6 Å². The van der Waals surface area contributed by atoms with E-state index in [1.165, 1.54) is 6.07 Å². The molecule has 1 saturated heterocycles. The van der Waals surface area contributed by atoms with Gasteiger partial charge >= 0.3 is 6.09 Å². The first-order valence-electron chi connectivity index (χ1n) is 12.9. The molecule has 5 rings (SSSR count). The van der Waals surface area contributed by atoms with Crippen LogP contribution in [-0.2, 0) is 4.74 Å². The summed E-state index contributed by atoms with van der Waals surface area (Å²) in [5, 5.41) is 0. The third-order valence-corrected chi connectivity index (χ3v) is 6.49. The number of hydrogen-bond donors (Lipinski definition) is 0. The van der Waals surface area contributed by atoms with Crippen molar-refractivity contribution >= 4 is 23.0 Å². The average Bonchev–Trinajstić information content (AvgIpc) is 3.24. The van der Waals surface area contributed by atoms with Crippen LogP contribution in [0, 0.1) is 12.7 Å². The normalized spacial score (nSPS) is 14.0. The molecule has 0 spiro atoms. The number of benzene rings is 2. The number of aromatic nitrogens is 2. The van der Waals surface area contributed by atoms with Crippen LogP contribution in [-0.4, -0.2) is 63.1 Å². The van der Waals surface area contributed by atoms with E-state index in [2.05, 4.69) is 4.98 Å². The van der Waals surface area contributed by atoms with Crippen molar-refractivity contribution in [2.45, 2.75) is 33.3 Å². The first-order chi connectivity index (χ1) is 18.6. The number of fused-ring (bicyclic) bond motifs is 1. The number of aryl methyl sites for hydroxylation is 1. The summed E-state index contributed by atoms with van der Waals surface area (Å²) in [7, 11) is 0. The summed E-state index contributed by atoms with van der Waals surface area (Å²) >= 11 is 0. The van der Waals surface area contributed by atoms with Crippen molar-refractivity contribution in [1.82, 2.24) is 19.4 Å². The number of hydrogen-bond acceptors (Lipinski definition) is 5. The van der Waals surface area contributed by atoms with Crippen LogP contribution in [0.15, 0.2) is 66.9 Å². The molecule has 1 aliphatic heterocycles. The molecule has 2 aromatic heterocycles. The van der Waals surface area contributed by atoms with Gasteiger partial charge in [0, 0.05) is 38.1 Å². The summed E-state index contributed by atoms with van der Waals surface area (Å²) in [5.41, 5.74) is 2.08. The number of pyridine rings is 1. The number of piperazine rings is 1. The molecule has 0 saturated carbocycles. The van der Waals surface area contributed by atoms with E-state index in [0.717, 1.165) is 5.69 Å². The zero-order valence-corrected chi connectivity index (χ0v) is 22.5. The SMILES string of the molecule is Cc1cccc(F)c1Oc1c(C(=O)N2CCN(C(=O)OC(C)(C)C)CC2)c2ncccc2n1-c1ccccc1. The fourth-order valence-corrected chi connectivity index (χ4v) is 4.63. The molecule has 0 atom stereocenters. The first-order valence-corrected chi connectivity index (χ1v) is 12.9. The van der Waals surface area contributed by atoms with E-state index in [-0.39, 0.29) is 23.1 Å². The molecule has 0 bridgehead atoms. The third kappa shape index (κ3) is 5.30. The molecule has 9 heteroatoms. The predicted octanol–water partition coefficient (Wildman–Crippen LogP) is 5.96. The van der Waals surface area contributed by atoms with E-state index in [0.29, 0.717) is 42.8 Å². The standard InChI is InChI=1S/C30H31FN4O4/c1-20-10-8-13-22(31)26(20)38-28-24(25-23(14-9-15-32-25)35(28)21-11-6-5-7-12-21)27(36)33-16-18-34(19-17-33)29(37)39-30(2,3)4/h5-15H,16-19H2,1-4H3. The van der Waals surface area contributed by atoms with Gasteiger partial charge in [-0.2, -0.15) is 0 Å². The molecule has 8 nitrogen and oxygen atoms in total. The molecule has 0 N–H and O–H groups in total. The maximum atomic E-state index is 15.0. The summed E-state index contributed by atoms with van der Waals surface area (Å²) in [6.45, 7) is 8.48. The maximum Gasteiger partial charge on any atom is 0.410 e. The largest absolute Gasteiger partial charge is 0.444 e. The van der Waals surface area contributed by atoms with Crippen LogP contribution in [0.3, 0.4) is 0 Å². The first kappa shape index (κ1) is 26.2. The van der Waals surface area contributed by atoms with E-state index >= 15 is 0 Å². The Morgan fingerprint density at radius 1 is 0.897 bits per heavy atom. The Balaban J connectivity index is 1.57. The lowest BCUT2D eigenvalue weighted by atomic mass is 10.2. The van der Waals surface area contributed by atoms with Crippen LogP contribution in [0.1, 0.15) is 36.7 Å². The Morgan fingerprint density at radius 2 is 1.59 bits per heavy atom. The van der Waals surface area contributed by atoms with E-state index in [1.54, 1.807) is 45.7 Å². The number of nitrogens with zero attached hydrogens (tertiary/aromatic N) is 4. The predicted molar refractivity (Wildman–Crippen MR) is 146 cm³/mol. The van der Waals surface area contributed by atoms with Crippen LogP contribution in [0.2, 0.25) is 0 Å². The Bertz CT molecular complexity index is 1500. The van der Waals surface area contributed by atoms with E-state index in [1.807, 2.05) is 57.2 Å². The van der Waals surface area contributed by atoms with Crippen molar-refractivity contribution in [1.29, 1.82) is 0 Å². The van der Waals surface area contributed by atoms with Crippen molar-refractivity contribution in [2.24, 2.45) is 0 Å². The monoisotopic (exact) mass is 530 g/mol.